The largest absolute Gasteiger partial charge is 0.355 e. The molecule has 3 aromatic heterocycles. The number of hydrogen-bond acceptors (Lipinski definition) is 2. The molecule has 220 valence electrons. The molecular weight excluding hydrogens is 547 g/mol. The van der Waals surface area contributed by atoms with Gasteiger partial charge in [-0.3, -0.25) is 0 Å². The fourth-order valence-electron chi connectivity index (χ4n) is 6.22. The Labute approximate surface area is 256 Å². The molecule has 0 unspecified atom stereocenters. The SMILES string of the molecule is CC(C)(C)c1c(C(C)(C)C)c2c(C(C)(C)C)c3nc(cc4ccc(cc5nc(cc1n2C(C)(C)C)C=C5)[nH]4)C=C3.[Ni]. The predicted molar refractivity (Wildman–Crippen MR) is 174 cm³/mol. The Morgan fingerprint density at radius 1 is 0.561 bits per heavy atom. The van der Waals surface area contributed by atoms with E-state index in [9.17, 15) is 0 Å². The molecule has 0 saturated carbocycles. The van der Waals surface area contributed by atoms with Crippen molar-refractivity contribution in [3.63, 3.8) is 0 Å². The fourth-order valence-corrected chi connectivity index (χ4v) is 6.22. The molecule has 5 rings (SSSR count). The minimum absolute atomic E-state index is 0. The van der Waals surface area contributed by atoms with Crippen LogP contribution in [0.4, 0.5) is 0 Å². The van der Waals surface area contributed by atoms with E-state index in [1.165, 1.54) is 27.7 Å². The summed E-state index contributed by atoms with van der Waals surface area (Å²) < 4.78 is 2.59. The average Bonchev–Trinajstić information content (AvgIpc) is 3.54. The normalized spacial score (nSPS) is 14.0. The van der Waals surface area contributed by atoms with Crippen molar-refractivity contribution in [3.8, 4) is 0 Å². The van der Waals surface area contributed by atoms with Gasteiger partial charge in [0.1, 0.15) is 0 Å². The number of nitrogens with one attached hydrogen (secondary N) is 1. The second-order valence-corrected chi connectivity index (χ2v) is 15.5. The number of rotatable bonds is 0. The monoisotopic (exact) mass is 592 g/mol. The van der Waals surface area contributed by atoms with Crippen molar-refractivity contribution in [1.29, 1.82) is 0 Å². The van der Waals surface area contributed by atoms with Crippen LogP contribution in [0.2, 0.25) is 0 Å². The van der Waals surface area contributed by atoms with E-state index in [0.717, 1.165) is 33.8 Å². The number of nitrogens with zero attached hydrogens (tertiary/aromatic N) is 3. The summed E-state index contributed by atoms with van der Waals surface area (Å²) in [6.45, 7) is 28.0. The molecule has 4 nitrogen and oxygen atoms in total. The zero-order chi connectivity index (χ0) is 29.4. The van der Waals surface area contributed by atoms with Crippen molar-refractivity contribution in [2.45, 2.75) is 105 Å². The molecule has 5 heteroatoms. The van der Waals surface area contributed by atoms with E-state index in [4.69, 9.17) is 9.97 Å². The minimum atomic E-state index is -0.186. The molecule has 0 aliphatic carbocycles. The van der Waals surface area contributed by atoms with E-state index in [2.05, 4.69) is 147 Å². The van der Waals surface area contributed by atoms with Gasteiger partial charge in [0.15, 0.2) is 0 Å². The Morgan fingerprint density at radius 3 is 1.51 bits per heavy atom. The summed E-state index contributed by atoms with van der Waals surface area (Å²) in [5.41, 5.74) is 12.0. The van der Waals surface area contributed by atoms with Gasteiger partial charge in [0.25, 0.3) is 0 Å². The van der Waals surface area contributed by atoms with Gasteiger partial charge in [0.2, 0.25) is 0 Å². The number of H-pyrrole nitrogens is 1. The summed E-state index contributed by atoms with van der Waals surface area (Å²) in [6, 6.07) is 10.8. The smallest absolute Gasteiger partial charge is 0.0695 e. The molecule has 0 spiro atoms. The first kappa shape index (κ1) is 31.0. The Balaban J connectivity index is 0.00000387. The van der Waals surface area contributed by atoms with Gasteiger partial charge in [-0.15, -0.1) is 0 Å². The fraction of sp³-hybridized carbons (Fsp3) is 0.444. The molecule has 0 amide bonds. The molecule has 5 heterocycles. The number of fused-ring (bicyclic) bond motifs is 8. The van der Waals surface area contributed by atoms with Gasteiger partial charge in [0, 0.05) is 44.1 Å². The van der Waals surface area contributed by atoms with Gasteiger partial charge in [-0.05, 0) is 103 Å². The molecule has 0 radical (unpaired) electrons. The zero-order valence-corrected chi connectivity index (χ0v) is 27.8. The number of hydrogen-bond donors (Lipinski definition) is 1. The summed E-state index contributed by atoms with van der Waals surface area (Å²) in [7, 11) is 0. The molecular formula is C36H46N4Ni. The van der Waals surface area contributed by atoms with Crippen LogP contribution in [-0.2, 0) is 38.3 Å². The predicted octanol–water partition coefficient (Wildman–Crippen LogP) is 9.77. The van der Waals surface area contributed by atoms with E-state index in [1.54, 1.807) is 0 Å². The van der Waals surface area contributed by atoms with E-state index in [0.29, 0.717) is 0 Å². The van der Waals surface area contributed by atoms with Gasteiger partial charge in [-0.2, -0.15) is 0 Å². The molecule has 41 heavy (non-hydrogen) atoms. The van der Waals surface area contributed by atoms with Gasteiger partial charge in [0.05, 0.1) is 28.3 Å². The van der Waals surface area contributed by atoms with Crippen molar-refractivity contribution in [2.24, 2.45) is 0 Å². The second kappa shape index (κ2) is 10.1. The van der Waals surface area contributed by atoms with Crippen LogP contribution in [0.3, 0.4) is 0 Å². The van der Waals surface area contributed by atoms with Gasteiger partial charge < -0.3 is 9.55 Å². The Kier molecular flexibility index (Phi) is 7.66. The first-order valence-electron chi connectivity index (χ1n) is 14.5. The molecule has 1 N–H and O–H groups in total. The summed E-state index contributed by atoms with van der Waals surface area (Å²) >= 11 is 0. The quantitative estimate of drug-likeness (QED) is 0.182. The summed E-state index contributed by atoms with van der Waals surface area (Å²) in [4.78, 5) is 13.8. The second-order valence-electron chi connectivity index (χ2n) is 15.5. The van der Waals surface area contributed by atoms with Crippen molar-refractivity contribution >= 4 is 46.4 Å². The summed E-state index contributed by atoms with van der Waals surface area (Å²) in [5, 5.41) is 0. The summed E-state index contributed by atoms with van der Waals surface area (Å²) in [6.07, 6.45) is 8.60. The van der Waals surface area contributed by atoms with Crippen LogP contribution in [0, 0.1) is 0 Å². The molecule has 0 aromatic carbocycles. The Hall–Kier alpha value is -2.91. The maximum absolute atomic E-state index is 5.25. The van der Waals surface area contributed by atoms with Crippen molar-refractivity contribution in [1.82, 2.24) is 19.5 Å². The third-order valence-electron chi connectivity index (χ3n) is 7.59. The topological polar surface area (TPSA) is 46.5 Å². The van der Waals surface area contributed by atoms with Gasteiger partial charge >= 0.3 is 0 Å². The molecule has 0 fully saturated rings. The number of aromatic nitrogens is 4. The molecule has 2 aliphatic rings. The van der Waals surface area contributed by atoms with Crippen molar-refractivity contribution in [2.75, 3.05) is 0 Å². The minimum Gasteiger partial charge on any atom is -0.355 e. The third kappa shape index (κ3) is 5.89. The molecule has 3 aromatic rings. The maximum Gasteiger partial charge on any atom is 0.0695 e. The molecule has 8 bridgehead atoms. The van der Waals surface area contributed by atoms with Gasteiger partial charge in [-0.25, -0.2) is 9.97 Å². The first-order chi connectivity index (χ1) is 18.3. The van der Waals surface area contributed by atoms with Crippen LogP contribution in [0.1, 0.15) is 123 Å². The first-order valence-corrected chi connectivity index (χ1v) is 14.5. The maximum atomic E-state index is 5.25. The van der Waals surface area contributed by atoms with Crippen LogP contribution >= 0.6 is 0 Å². The van der Waals surface area contributed by atoms with Crippen molar-refractivity contribution < 1.29 is 16.5 Å². The molecule has 0 saturated heterocycles. The van der Waals surface area contributed by atoms with Crippen LogP contribution in [0.5, 0.6) is 0 Å². The van der Waals surface area contributed by atoms with Gasteiger partial charge in [-0.1, -0.05) is 62.3 Å². The zero-order valence-electron chi connectivity index (χ0n) is 26.9. The summed E-state index contributed by atoms with van der Waals surface area (Å²) in [5.74, 6) is 0. The van der Waals surface area contributed by atoms with Crippen LogP contribution < -0.4 is 0 Å². The van der Waals surface area contributed by atoms with E-state index in [1.807, 2.05) is 0 Å². The van der Waals surface area contributed by atoms with Crippen LogP contribution in [0.15, 0.2) is 30.3 Å². The molecule has 2 aliphatic heterocycles. The standard InChI is InChI=1S/C36H46N4.Ni/c1-33(2,3)29-27-18-17-25(39-27)20-24-14-13-22(37-24)19-23-15-16-26(38-23)21-28-30(34(4,5)6)31(35(7,8)9)32(29)40(28)36(10,11)12;/h13-21,37H,1-12H3;. The van der Waals surface area contributed by atoms with Crippen LogP contribution in [-0.4, -0.2) is 19.5 Å². The van der Waals surface area contributed by atoms with Crippen molar-refractivity contribution in [3.05, 3.63) is 69.8 Å². The Bertz CT molecular complexity index is 1720. The third-order valence-corrected chi connectivity index (χ3v) is 7.59. The van der Waals surface area contributed by atoms with Crippen LogP contribution in [0.25, 0.3) is 46.4 Å². The average molecular weight is 593 g/mol. The van der Waals surface area contributed by atoms with E-state index in [-0.39, 0.29) is 38.3 Å². The van der Waals surface area contributed by atoms with E-state index >= 15 is 0 Å². The molecule has 0 atom stereocenters. The number of aromatic amines is 1. The van der Waals surface area contributed by atoms with E-state index < -0.39 is 0 Å². The Morgan fingerprint density at radius 2 is 1.02 bits per heavy atom.